The summed E-state index contributed by atoms with van der Waals surface area (Å²) in [6.07, 6.45) is 0. The number of fused-ring (bicyclic) bond motifs is 1. The van der Waals surface area contributed by atoms with Crippen molar-refractivity contribution >= 4 is 28.9 Å². The fourth-order valence-corrected chi connectivity index (χ4v) is 2.75. The molecule has 3 rings (SSSR count). The van der Waals surface area contributed by atoms with Gasteiger partial charge in [-0.3, -0.25) is 9.59 Å². The predicted octanol–water partition coefficient (Wildman–Crippen LogP) is 2.94. The number of rotatable bonds is 5. The molecular formula is C18H17F2N3O4. The van der Waals surface area contributed by atoms with Gasteiger partial charge in [-0.1, -0.05) is 0 Å². The zero-order chi connectivity index (χ0) is 19.6. The Kier molecular flexibility index (Phi) is 5.11. The van der Waals surface area contributed by atoms with Gasteiger partial charge in [-0.05, 0) is 30.3 Å². The number of benzene rings is 2. The Morgan fingerprint density at radius 3 is 2.70 bits per heavy atom. The summed E-state index contributed by atoms with van der Waals surface area (Å²) < 4.78 is 34.4. The van der Waals surface area contributed by atoms with E-state index < -0.39 is 12.5 Å². The maximum absolute atomic E-state index is 12.5. The third kappa shape index (κ3) is 4.08. The van der Waals surface area contributed by atoms with Crippen LogP contribution in [0.1, 0.15) is 10.4 Å². The number of halogens is 2. The van der Waals surface area contributed by atoms with Crippen LogP contribution < -0.4 is 25.0 Å². The van der Waals surface area contributed by atoms with Crippen LogP contribution >= 0.6 is 0 Å². The van der Waals surface area contributed by atoms with Crippen molar-refractivity contribution in [3.8, 4) is 11.5 Å². The summed E-state index contributed by atoms with van der Waals surface area (Å²) in [7, 11) is 3.10. The molecule has 2 N–H and O–H groups in total. The Morgan fingerprint density at radius 1 is 1.22 bits per heavy atom. The molecule has 0 aromatic heterocycles. The number of carbonyl (C=O) groups is 2. The fourth-order valence-electron chi connectivity index (χ4n) is 2.75. The number of methoxy groups -OCH3 is 1. The monoisotopic (exact) mass is 377 g/mol. The van der Waals surface area contributed by atoms with Gasteiger partial charge in [0.2, 0.25) is 5.91 Å². The lowest BCUT2D eigenvalue weighted by Crippen LogP contribution is -2.35. The normalized spacial score (nSPS) is 13.1. The van der Waals surface area contributed by atoms with Crippen LogP contribution in [-0.2, 0) is 4.79 Å². The van der Waals surface area contributed by atoms with Crippen molar-refractivity contribution in [2.75, 3.05) is 36.2 Å². The molecule has 9 heteroatoms. The lowest BCUT2D eigenvalue weighted by Gasteiger charge is -2.27. The molecule has 0 bridgehead atoms. The molecule has 2 aromatic rings. The van der Waals surface area contributed by atoms with E-state index in [1.165, 1.54) is 25.3 Å². The summed E-state index contributed by atoms with van der Waals surface area (Å²) in [6, 6.07) is 9.05. The lowest BCUT2D eigenvalue weighted by molar-refractivity contribution is -0.115. The summed E-state index contributed by atoms with van der Waals surface area (Å²) in [4.78, 5) is 25.9. The first-order chi connectivity index (χ1) is 12.9. The van der Waals surface area contributed by atoms with Gasteiger partial charge in [0.05, 0.1) is 25.0 Å². The number of likely N-dealkylation sites (N-methyl/N-ethyl adjacent to an activating group) is 1. The van der Waals surface area contributed by atoms with Crippen molar-refractivity contribution in [3.05, 3.63) is 42.0 Å². The molecule has 1 aliphatic heterocycles. The summed E-state index contributed by atoms with van der Waals surface area (Å²) in [6.45, 7) is -2.79. The Hall–Kier alpha value is -3.36. The Balaban J connectivity index is 1.81. The van der Waals surface area contributed by atoms with Gasteiger partial charge in [0.15, 0.2) is 11.5 Å². The number of nitrogens with one attached hydrogen (secondary N) is 2. The van der Waals surface area contributed by atoms with Crippen molar-refractivity contribution in [1.29, 1.82) is 0 Å². The van der Waals surface area contributed by atoms with Crippen LogP contribution in [0, 0.1) is 0 Å². The van der Waals surface area contributed by atoms with Gasteiger partial charge in [-0.25, -0.2) is 0 Å². The average Bonchev–Trinajstić information content (AvgIpc) is 2.60. The van der Waals surface area contributed by atoms with E-state index in [4.69, 9.17) is 4.74 Å². The van der Waals surface area contributed by atoms with Crippen molar-refractivity contribution in [1.82, 2.24) is 0 Å². The molecule has 0 atom stereocenters. The predicted molar refractivity (Wildman–Crippen MR) is 95.9 cm³/mol. The quantitative estimate of drug-likeness (QED) is 0.838. The van der Waals surface area contributed by atoms with E-state index in [2.05, 4.69) is 15.4 Å². The minimum absolute atomic E-state index is 0.118. The molecule has 1 heterocycles. The minimum atomic E-state index is -3.02. The number of anilines is 3. The van der Waals surface area contributed by atoms with Crippen LogP contribution in [0.15, 0.2) is 36.4 Å². The van der Waals surface area contributed by atoms with Crippen molar-refractivity contribution in [2.24, 2.45) is 0 Å². The number of hydrogen-bond donors (Lipinski definition) is 2. The fraction of sp³-hybridized carbons (Fsp3) is 0.222. The molecule has 0 unspecified atom stereocenters. The molecule has 2 amide bonds. The van der Waals surface area contributed by atoms with E-state index in [0.717, 1.165) is 5.69 Å². The van der Waals surface area contributed by atoms with Crippen molar-refractivity contribution in [3.63, 3.8) is 0 Å². The van der Waals surface area contributed by atoms with E-state index in [1.807, 2.05) is 0 Å². The van der Waals surface area contributed by atoms with Crippen LogP contribution in [0.3, 0.4) is 0 Å². The van der Waals surface area contributed by atoms with Gasteiger partial charge in [-0.15, -0.1) is 0 Å². The highest BCUT2D eigenvalue weighted by Gasteiger charge is 2.20. The molecule has 1 aliphatic rings. The highest BCUT2D eigenvalue weighted by molar-refractivity contribution is 6.08. The molecule has 27 heavy (non-hydrogen) atoms. The SMILES string of the molecule is COc1ccc(NC(=O)c2ccc3c(c2)NC(=O)CN3C)cc1OC(F)F. The van der Waals surface area contributed by atoms with Crippen LogP contribution in [0.25, 0.3) is 0 Å². The molecule has 0 radical (unpaired) electrons. The maximum atomic E-state index is 12.5. The van der Waals surface area contributed by atoms with Gasteiger partial charge in [0, 0.05) is 24.4 Å². The summed E-state index contributed by atoms with van der Waals surface area (Å²) >= 11 is 0. The summed E-state index contributed by atoms with van der Waals surface area (Å²) in [5.41, 5.74) is 1.88. The Morgan fingerprint density at radius 2 is 2.00 bits per heavy atom. The second-order valence-corrected chi connectivity index (χ2v) is 5.83. The molecule has 0 fully saturated rings. The van der Waals surface area contributed by atoms with E-state index in [0.29, 0.717) is 11.3 Å². The summed E-state index contributed by atoms with van der Waals surface area (Å²) in [5.74, 6) is -0.711. The zero-order valence-electron chi connectivity index (χ0n) is 14.6. The van der Waals surface area contributed by atoms with E-state index >= 15 is 0 Å². The number of alkyl halides is 2. The van der Waals surface area contributed by atoms with Crippen LogP contribution in [0.2, 0.25) is 0 Å². The molecule has 0 aliphatic carbocycles. The smallest absolute Gasteiger partial charge is 0.387 e. The van der Waals surface area contributed by atoms with Crippen LogP contribution in [0.5, 0.6) is 11.5 Å². The largest absolute Gasteiger partial charge is 0.493 e. The molecule has 7 nitrogen and oxygen atoms in total. The second kappa shape index (κ2) is 7.48. The third-order valence-electron chi connectivity index (χ3n) is 3.96. The summed E-state index contributed by atoms with van der Waals surface area (Å²) in [5, 5.41) is 5.32. The number of amides is 2. The number of hydrogen-bond acceptors (Lipinski definition) is 5. The first kappa shape index (κ1) is 18.4. The van der Waals surface area contributed by atoms with E-state index in [9.17, 15) is 18.4 Å². The number of carbonyl (C=O) groups excluding carboxylic acids is 2. The molecule has 0 spiro atoms. The Labute approximate surface area is 153 Å². The molecule has 0 saturated heterocycles. The van der Waals surface area contributed by atoms with Crippen LogP contribution in [0.4, 0.5) is 25.8 Å². The van der Waals surface area contributed by atoms with E-state index in [-0.39, 0.29) is 29.6 Å². The van der Waals surface area contributed by atoms with E-state index in [1.54, 1.807) is 30.1 Å². The first-order valence-corrected chi connectivity index (χ1v) is 7.96. The third-order valence-corrected chi connectivity index (χ3v) is 3.96. The molecule has 0 saturated carbocycles. The van der Waals surface area contributed by atoms with Gasteiger partial charge >= 0.3 is 6.61 Å². The highest BCUT2D eigenvalue weighted by Crippen LogP contribution is 2.32. The molecule has 2 aromatic carbocycles. The number of ether oxygens (including phenoxy) is 2. The van der Waals surface area contributed by atoms with Gasteiger partial charge in [0.1, 0.15) is 0 Å². The van der Waals surface area contributed by atoms with Crippen molar-refractivity contribution < 1.29 is 27.8 Å². The topological polar surface area (TPSA) is 79.9 Å². The standard InChI is InChI=1S/C18H17F2N3O4/c1-23-9-16(24)22-12-7-10(3-5-13(12)23)17(25)21-11-4-6-14(26-2)15(8-11)27-18(19)20/h3-8,18H,9H2,1-2H3,(H,21,25)(H,22,24). The van der Waals surface area contributed by atoms with Gasteiger partial charge < -0.3 is 25.0 Å². The van der Waals surface area contributed by atoms with Gasteiger partial charge in [-0.2, -0.15) is 8.78 Å². The highest BCUT2D eigenvalue weighted by atomic mass is 19.3. The zero-order valence-corrected chi connectivity index (χ0v) is 14.6. The minimum Gasteiger partial charge on any atom is -0.493 e. The first-order valence-electron chi connectivity index (χ1n) is 7.96. The molecular weight excluding hydrogens is 360 g/mol. The Bertz CT molecular complexity index is 889. The maximum Gasteiger partial charge on any atom is 0.387 e. The lowest BCUT2D eigenvalue weighted by atomic mass is 10.1. The average molecular weight is 377 g/mol. The van der Waals surface area contributed by atoms with Crippen LogP contribution in [-0.4, -0.2) is 39.1 Å². The second-order valence-electron chi connectivity index (χ2n) is 5.83. The number of nitrogens with zero attached hydrogens (tertiary/aromatic N) is 1. The molecule has 142 valence electrons. The van der Waals surface area contributed by atoms with Crippen molar-refractivity contribution in [2.45, 2.75) is 6.61 Å². The van der Waals surface area contributed by atoms with Gasteiger partial charge in [0.25, 0.3) is 5.91 Å².